The van der Waals surface area contributed by atoms with Crippen LogP contribution in [-0.2, 0) is 35.6 Å². The van der Waals surface area contributed by atoms with Gasteiger partial charge in [-0.15, -0.1) is 0 Å². The van der Waals surface area contributed by atoms with Crippen molar-refractivity contribution in [3.63, 3.8) is 0 Å². The van der Waals surface area contributed by atoms with Crippen LogP contribution in [0.1, 0.15) is 25.7 Å². The molecule has 7 heteroatoms. The second-order valence-electron chi connectivity index (χ2n) is 3.76. The number of nitrogens with two attached hydrogens (primary N) is 2. The molecule has 0 aromatic rings. The summed E-state index contributed by atoms with van der Waals surface area (Å²) in [6, 6.07) is 0. The molecule has 0 rings (SSSR count). The lowest BCUT2D eigenvalue weighted by atomic mass is 10.3. The van der Waals surface area contributed by atoms with Crippen molar-refractivity contribution >= 4 is 34.2 Å². The Bertz CT molecular complexity index is 228. The summed E-state index contributed by atoms with van der Waals surface area (Å²) in [6.45, 7) is 0. The molecule has 0 aliphatic carbocycles. The summed E-state index contributed by atoms with van der Waals surface area (Å²) in [5, 5.41) is 0. The monoisotopic (exact) mass is 282 g/mol. The molecule has 0 heterocycles. The van der Waals surface area contributed by atoms with Crippen molar-refractivity contribution in [3.05, 3.63) is 0 Å². The third-order valence-corrected chi connectivity index (χ3v) is 5.53. The second kappa shape index (κ2) is 9.61. The predicted molar refractivity (Wildman–Crippen MR) is 74.3 cm³/mol. The van der Waals surface area contributed by atoms with Crippen LogP contribution in [0.2, 0.25) is 0 Å². The Balaban J connectivity index is 3.54. The molecule has 0 bridgehead atoms. The first-order valence-corrected chi connectivity index (χ1v) is 8.87. The molecule has 0 saturated heterocycles. The molecule has 17 heavy (non-hydrogen) atoms. The van der Waals surface area contributed by atoms with Crippen LogP contribution in [0.5, 0.6) is 0 Å². The largest absolute Gasteiger partial charge is 0.370 e. The van der Waals surface area contributed by atoms with E-state index in [1.165, 1.54) is 0 Å². The van der Waals surface area contributed by atoms with Crippen molar-refractivity contribution < 1.29 is 13.2 Å². The summed E-state index contributed by atoms with van der Waals surface area (Å²) >= 11 is -0.285. The first-order valence-electron chi connectivity index (χ1n) is 5.42. The standard InChI is InChI=1S/C10H20N2O3S2/c1-16(7-3-5-9(11)13)15-17(2)8-4-6-10(12)14/h3-8H2,1-2H3,(H2-2,11,12,13,14)/p+2. The van der Waals surface area contributed by atoms with Gasteiger partial charge in [-0.05, 0) is 0 Å². The maximum Gasteiger partial charge on any atom is 0.217 e. The van der Waals surface area contributed by atoms with E-state index in [4.69, 9.17) is 15.1 Å². The fraction of sp³-hybridized carbons (Fsp3) is 0.800. The average Bonchev–Trinajstić information content (AvgIpc) is 2.15. The van der Waals surface area contributed by atoms with E-state index in [0.717, 1.165) is 24.3 Å². The zero-order valence-corrected chi connectivity index (χ0v) is 12.1. The molecule has 5 nitrogen and oxygen atoms in total. The fourth-order valence-electron chi connectivity index (χ4n) is 1.17. The third-order valence-electron chi connectivity index (χ3n) is 1.94. The highest BCUT2D eigenvalue weighted by molar-refractivity contribution is 8.04. The minimum absolute atomic E-state index is 0.142. The summed E-state index contributed by atoms with van der Waals surface area (Å²) < 4.78 is 5.77. The van der Waals surface area contributed by atoms with Crippen molar-refractivity contribution in [3.8, 4) is 0 Å². The molecule has 0 radical (unpaired) electrons. The number of rotatable bonds is 10. The molecule has 2 unspecified atom stereocenters. The van der Waals surface area contributed by atoms with Crippen LogP contribution in [0, 0.1) is 0 Å². The number of hydrogen-bond donors (Lipinski definition) is 2. The van der Waals surface area contributed by atoms with Crippen LogP contribution in [0.15, 0.2) is 0 Å². The van der Waals surface area contributed by atoms with Gasteiger partial charge in [-0.3, -0.25) is 9.59 Å². The van der Waals surface area contributed by atoms with E-state index >= 15 is 0 Å². The molecular weight excluding hydrogens is 260 g/mol. The zero-order valence-electron chi connectivity index (χ0n) is 10.4. The molecule has 0 aliphatic heterocycles. The molecule has 0 saturated carbocycles. The molecule has 100 valence electrons. The first kappa shape index (κ1) is 16.6. The highest BCUT2D eigenvalue weighted by atomic mass is 32.3. The number of carbonyl (C=O) groups excluding carboxylic acids is 2. The summed E-state index contributed by atoms with van der Waals surface area (Å²) in [6.07, 6.45) is 6.40. The predicted octanol–water partition coefficient (Wildman–Crippen LogP) is -0.140. The highest BCUT2D eigenvalue weighted by Gasteiger charge is 2.26. The van der Waals surface area contributed by atoms with Crippen LogP contribution in [0.4, 0.5) is 0 Å². The maximum atomic E-state index is 10.6. The Hall–Kier alpha value is -0.400. The minimum Gasteiger partial charge on any atom is -0.370 e. The fourth-order valence-corrected chi connectivity index (χ4v) is 4.40. The van der Waals surface area contributed by atoms with Gasteiger partial charge in [-0.2, -0.15) is 0 Å². The van der Waals surface area contributed by atoms with E-state index in [2.05, 4.69) is 0 Å². The Labute approximate surface area is 109 Å². The Morgan fingerprint density at radius 3 is 1.59 bits per heavy atom. The third kappa shape index (κ3) is 11.9. The van der Waals surface area contributed by atoms with E-state index in [0.29, 0.717) is 12.8 Å². The summed E-state index contributed by atoms with van der Waals surface area (Å²) in [4.78, 5) is 21.1. The maximum absolute atomic E-state index is 10.6. The lowest BCUT2D eigenvalue weighted by molar-refractivity contribution is -0.118. The molecule has 0 spiro atoms. The topological polar surface area (TPSA) is 95.4 Å². The molecular formula is C10H22N2O3S2+2. The van der Waals surface area contributed by atoms with Crippen LogP contribution in [0.3, 0.4) is 0 Å². The smallest absolute Gasteiger partial charge is 0.217 e. The van der Waals surface area contributed by atoms with Gasteiger partial charge in [0, 0.05) is 29.3 Å². The number of primary amides is 2. The van der Waals surface area contributed by atoms with Crippen molar-refractivity contribution in [2.75, 3.05) is 24.0 Å². The van der Waals surface area contributed by atoms with E-state index < -0.39 is 0 Å². The normalized spacial score (nSPS) is 14.2. The van der Waals surface area contributed by atoms with E-state index in [1.54, 1.807) is 0 Å². The van der Waals surface area contributed by atoms with Crippen LogP contribution in [-0.4, -0.2) is 35.8 Å². The van der Waals surface area contributed by atoms with E-state index in [-0.39, 0.29) is 34.2 Å². The van der Waals surface area contributed by atoms with Crippen molar-refractivity contribution in [2.24, 2.45) is 11.5 Å². The van der Waals surface area contributed by atoms with Gasteiger partial charge in [0.1, 0.15) is 24.0 Å². The Kier molecular flexibility index (Phi) is 9.39. The molecule has 4 N–H and O–H groups in total. The molecule has 2 amide bonds. The second-order valence-corrected chi connectivity index (χ2v) is 7.42. The van der Waals surface area contributed by atoms with E-state index in [9.17, 15) is 9.59 Å². The number of amides is 2. The van der Waals surface area contributed by atoms with Gasteiger partial charge in [0.25, 0.3) is 0 Å². The zero-order chi connectivity index (χ0) is 13.3. The number of carbonyl (C=O) groups is 2. The SMILES string of the molecule is C[S+](CCCC(N)=O)O[S+](C)CCCC(N)=O. The van der Waals surface area contributed by atoms with E-state index in [1.807, 2.05) is 12.5 Å². The molecule has 0 fully saturated rings. The molecule has 0 aromatic carbocycles. The molecule has 2 atom stereocenters. The first-order chi connectivity index (χ1) is 7.91. The summed E-state index contributed by atoms with van der Waals surface area (Å²) in [7, 11) is 0. The molecule has 0 aliphatic rings. The Morgan fingerprint density at radius 2 is 1.29 bits per heavy atom. The van der Waals surface area contributed by atoms with Gasteiger partial charge < -0.3 is 11.5 Å². The molecule has 0 aromatic heterocycles. The van der Waals surface area contributed by atoms with Crippen molar-refractivity contribution in [2.45, 2.75) is 25.7 Å². The summed E-state index contributed by atoms with van der Waals surface area (Å²) in [5.74, 6) is 1.18. The highest BCUT2D eigenvalue weighted by Crippen LogP contribution is 2.08. The lowest BCUT2D eigenvalue weighted by Gasteiger charge is -2.00. The van der Waals surface area contributed by atoms with Gasteiger partial charge in [-0.25, -0.2) is 0 Å². The van der Waals surface area contributed by atoms with Gasteiger partial charge in [0.15, 0.2) is 0 Å². The minimum atomic E-state index is -0.265. The van der Waals surface area contributed by atoms with Gasteiger partial charge >= 0.3 is 0 Å². The lowest BCUT2D eigenvalue weighted by Crippen LogP contribution is -2.20. The average molecular weight is 282 g/mol. The van der Waals surface area contributed by atoms with Crippen LogP contribution < -0.4 is 11.5 Å². The van der Waals surface area contributed by atoms with Gasteiger partial charge in [0.05, 0.1) is 0 Å². The number of hydrogen-bond acceptors (Lipinski definition) is 3. The van der Waals surface area contributed by atoms with Crippen LogP contribution >= 0.6 is 0 Å². The summed E-state index contributed by atoms with van der Waals surface area (Å²) in [5.41, 5.74) is 10.1. The quantitative estimate of drug-likeness (QED) is 0.546. The van der Waals surface area contributed by atoms with Crippen molar-refractivity contribution in [1.82, 2.24) is 0 Å². The Morgan fingerprint density at radius 1 is 0.941 bits per heavy atom. The van der Waals surface area contributed by atoms with Crippen molar-refractivity contribution in [1.29, 1.82) is 0 Å². The van der Waals surface area contributed by atoms with Gasteiger partial charge in [0.2, 0.25) is 34.2 Å². The van der Waals surface area contributed by atoms with Gasteiger partial charge in [-0.1, -0.05) is 0 Å². The van der Waals surface area contributed by atoms with Crippen LogP contribution in [0.25, 0.3) is 0 Å².